The minimum atomic E-state index is -0.0180. The SMILES string of the molecule is CS[C@@H](C)C(=O)NCc1ccc(N2CCOCC2)nc1. The molecule has 110 valence electrons. The van der Waals surface area contributed by atoms with Crippen molar-refractivity contribution in [1.82, 2.24) is 10.3 Å². The van der Waals surface area contributed by atoms with Crippen LogP contribution in [-0.2, 0) is 16.1 Å². The van der Waals surface area contributed by atoms with Crippen molar-refractivity contribution in [2.45, 2.75) is 18.7 Å². The van der Waals surface area contributed by atoms with E-state index in [1.807, 2.05) is 31.5 Å². The van der Waals surface area contributed by atoms with Crippen molar-refractivity contribution in [3.05, 3.63) is 23.9 Å². The van der Waals surface area contributed by atoms with Crippen LogP contribution in [0.1, 0.15) is 12.5 Å². The fraction of sp³-hybridized carbons (Fsp3) is 0.571. The Morgan fingerprint density at radius 3 is 2.85 bits per heavy atom. The second kappa shape index (κ2) is 7.50. The topological polar surface area (TPSA) is 54.5 Å². The lowest BCUT2D eigenvalue weighted by atomic mass is 10.2. The van der Waals surface area contributed by atoms with Gasteiger partial charge >= 0.3 is 0 Å². The highest BCUT2D eigenvalue weighted by atomic mass is 32.2. The van der Waals surface area contributed by atoms with Crippen molar-refractivity contribution in [3.63, 3.8) is 0 Å². The van der Waals surface area contributed by atoms with Crippen LogP contribution in [0.5, 0.6) is 0 Å². The van der Waals surface area contributed by atoms with Crippen molar-refractivity contribution in [2.24, 2.45) is 0 Å². The van der Waals surface area contributed by atoms with Crippen molar-refractivity contribution < 1.29 is 9.53 Å². The van der Waals surface area contributed by atoms with E-state index in [0.29, 0.717) is 6.54 Å². The summed E-state index contributed by atoms with van der Waals surface area (Å²) >= 11 is 1.54. The van der Waals surface area contributed by atoms with Gasteiger partial charge in [-0.2, -0.15) is 11.8 Å². The molecule has 1 aliphatic rings. The van der Waals surface area contributed by atoms with Crippen LogP contribution >= 0.6 is 11.8 Å². The molecule has 0 bridgehead atoms. The number of nitrogens with zero attached hydrogens (tertiary/aromatic N) is 2. The number of morpholine rings is 1. The molecule has 0 spiro atoms. The molecule has 1 fully saturated rings. The van der Waals surface area contributed by atoms with Gasteiger partial charge in [-0.15, -0.1) is 0 Å². The molecule has 1 saturated heterocycles. The maximum Gasteiger partial charge on any atom is 0.233 e. The van der Waals surface area contributed by atoms with Gasteiger partial charge in [-0.05, 0) is 24.8 Å². The number of thioether (sulfide) groups is 1. The summed E-state index contributed by atoms with van der Waals surface area (Å²) in [6.45, 7) is 5.71. The molecule has 1 aromatic rings. The minimum absolute atomic E-state index is 0.0180. The first-order valence-electron chi connectivity index (χ1n) is 6.79. The normalized spacial score (nSPS) is 16.8. The molecule has 0 aromatic carbocycles. The summed E-state index contributed by atoms with van der Waals surface area (Å²) in [5.74, 6) is 1.04. The lowest BCUT2D eigenvalue weighted by Gasteiger charge is -2.27. The first-order valence-corrected chi connectivity index (χ1v) is 8.07. The molecule has 20 heavy (non-hydrogen) atoms. The average molecular weight is 295 g/mol. The van der Waals surface area contributed by atoms with Crippen LogP contribution in [0.2, 0.25) is 0 Å². The van der Waals surface area contributed by atoms with Crippen LogP contribution in [0.25, 0.3) is 0 Å². The number of amides is 1. The number of carbonyl (C=O) groups is 1. The number of pyridine rings is 1. The zero-order valence-corrected chi connectivity index (χ0v) is 12.8. The Morgan fingerprint density at radius 1 is 1.50 bits per heavy atom. The molecular formula is C14H21N3O2S. The molecule has 1 aliphatic heterocycles. The molecule has 6 heteroatoms. The summed E-state index contributed by atoms with van der Waals surface area (Å²) in [7, 11) is 0. The van der Waals surface area contributed by atoms with Gasteiger partial charge in [0.25, 0.3) is 0 Å². The monoisotopic (exact) mass is 295 g/mol. The van der Waals surface area contributed by atoms with E-state index >= 15 is 0 Å². The van der Waals surface area contributed by atoms with Gasteiger partial charge in [0.05, 0.1) is 18.5 Å². The lowest BCUT2D eigenvalue weighted by molar-refractivity contribution is -0.120. The summed E-state index contributed by atoms with van der Waals surface area (Å²) in [6, 6.07) is 4.02. The van der Waals surface area contributed by atoms with Gasteiger partial charge in [0.2, 0.25) is 5.91 Å². The number of nitrogens with one attached hydrogen (secondary N) is 1. The maximum atomic E-state index is 11.7. The number of hydrogen-bond donors (Lipinski definition) is 1. The summed E-state index contributed by atoms with van der Waals surface area (Å²) in [4.78, 5) is 18.4. The van der Waals surface area contributed by atoms with Gasteiger partial charge in [-0.3, -0.25) is 4.79 Å². The predicted molar refractivity (Wildman–Crippen MR) is 82.1 cm³/mol. The molecule has 0 unspecified atom stereocenters. The average Bonchev–Trinajstić information content (AvgIpc) is 2.53. The van der Waals surface area contributed by atoms with Crippen LogP contribution < -0.4 is 10.2 Å². The summed E-state index contributed by atoms with van der Waals surface area (Å²) in [5.41, 5.74) is 1.02. The fourth-order valence-corrected chi connectivity index (χ4v) is 2.24. The molecule has 2 rings (SSSR count). The predicted octanol–water partition coefficient (Wildman–Crippen LogP) is 1.29. The van der Waals surface area contributed by atoms with Crippen molar-refractivity contribution >= 4 is 23.5 Å². The van der Waals surface area contributed by atoms with E-state index in [1.54, 1.807) is 11.8 Å². The van der Waals surface area contributed by atoms with E-state index in [0.717, 1.165) is 37.7 Å². The highest BCUT2D eigenvalue weighted by Crippen LogP contribution is 2.13. The molecule has 1 aromatic heterocycles. The van der Waals surface area contributed by atoms with E-state index < -0.39 is 0 Å². The molecule has 1 amide bonds. The first kappa shape index (κ1) is 15.1. The van der Waals surface area contributed by atoms with Crippen LogP contribution in [-0.4, -0.2) is 48.7 Å². The standard InChI is InChI=1S/C14H21N3O2S/c1-11(20-2)14(18)16-10-12-3-4-13(15-9-12)17-5-7-19-8-6-17/h3-4,9,11H,5-8,10H2,1-2H3,(H,16,18)/t11-/m0/s1. The van der Waals surface area contributed by atoms with Gasteiger partial charge in [0.1, 0.15) is 5.82 Å². The Hall–Kier alpha value is -1.27. The van der Waals surface area contributed by atoms with E-state index in [1.165, 1.54) is 0 Å². The quantitative estimate of drug-likeness (QED) is 0.887. The Bertz CT molecular complexity index is 433. The second-order valence-corrected chi connectivity index (χ2v) is 5.90. The van der Waals surface area contributed by atoms with Crippen LogP contribution in [0, 0.1) is 0 Å². The van der Waals surface area contributed by atoms with Gasteiger partial charge in [0.15, 0.2) is 0 Å². The van der Waals surface area contributed by atoms with Crippen LogP contribution in [0.3, 0.4) is 0 Å². The summed E-state index contributed by atoms with van der Waals surface area (Å²) < 4.78 is 5.32. The highest BCUT2D eigenvalue weighted by molar-refractivity contribution is 7.99. The first-order chi connectivity index (χ1) is 9.70. The second-order valence-electron chi connectivity index (χ2n) is 4.72. The number of aromatic nitrogens is 1. The molecule has 1 N–H and O–H groups in total. The van der Waals surface area contributed by atoms with Gasteiger partial charge in [-0.1, -0.05) is 6.07 Å². The Balaban J connectivity index is 1.86. The summed E-state index contributed by atoms with van der Waals surface area (Å²) in [5, 5.41) is 2.90. The van der Waals surface area contributed by atoms with Crippen molar-refractivity contribution in [3.8, 4) is 0 Å². The number of anilines is 1. The number of hydrogen-bond acceptors (Lipinski definition) is 5. The number of ether oxygens (including phenoxy) is 1. The number of carbonyl (C=O) groups excluding carboxylic acids is 1. The highest BCUT2D eigenvalue weighted by Gasteiger charge is 2.13. The van der Waals surface area contributed by atoms with Crippen molar-refractivity contribution in [2.75, 3.05) is 37.5 Å². The van der Waals surface area contributed by atoms with Crippen molar-refractivity contribution in [1.29, 1.82) is 0 Å². The zero-order chi connectivity index (χ0) is 14.4. The number of rotatable bonds is 5. The van der Waals surface area contributed by atoms with Crippen LogP contribution in [0.15, 0.2) is 18.3 Å². The third-order valence-electron chi connectivity index (χ3n) is 3.33. The molecule has 2 heterocycles. The minimum Gasteiger partial charge on any atom is -0.378 e. The Kier molecular flexibility index (Phi) is 5.67. The summed E-state index contributed by atoms with van der Waals surface area (Å²) in [6.07, 6.45) is 3.76. The van der Waals surface area contributed by atoms with E-state index in [4.69, 9.17) is 4.74 Å². The zero-order valence-electron chi connectivity index (χ0n) is 12.0. The molecule has 5 nitrogen and oxygen atoms in total. The molecule has 0 radical (unpaired) electrons. The van der Waals surface area contributed by atoms with Gasteiger partial charge in [0, 0.05) is 25.8 Å². The van der Waals surface area contributed by atoms with E-state index in [2.05, 4.69) is 15.2 Å². The third-order valence-corrected chi connectivity index (χ3v) is 4.25. The third kappa shape index (κ3) is 4.11. The Morgan fingerprint density at radius 2 is 2.25 bits per heavy atom. The largest absolute Gasteiger partial charge is 0.378 e. The van der Waals surface area contributed by atoms with Gasteiger partial charge in [-0.25, -0.2) is 4.98 Å². The Labute approximate surface area is 124 Å². The molecule has 0 saturated carbocycles. The fourth-order valence-electron chi connectivity index (χ4n) is 1.94. The smallest absolute Gasteiger partial charge is 0.233 e. The molecular weight excluding hydrogens is 274 g/mol. The molecule has 0 aliphatic carbocycles. The maximum absolute atomic E-state index is 11.7. The van der Waals surface area contributed by atoms with E-state index in [-0.39, 0.29) is 11.2 Å². The molecule has 1 atom stereocenters. The van der Waals surface area contributed by atoms with E-state index in [9.17, 15) is 4.79 Å². The van der Waals surface area contributed by atoms with Gasteiger partial charge < -0.3 is 15.0 Å². The lowest BCUT2D eigenvalue weighted by Crippen LogP contribution is -2.36. The van der Waals surface area contributed by atoms with Crippen LogP contribution in [0.4, 0.5) is 5.82 Å².